The second-order valence-electron chi connectivity index (χ2n) is 1.87. The molecule has 5 nitrogen and oxygen atoms in total. The number of rotatable bonds is 4. The lowest BCUT2D eigenvalue weighted by atomic mass is 10.4. The largest absolute Gasteiger partial charge is 0.396 e. The summed E-state index contributed by atoms with van der Waals surface area (Å²) in [5, 5.41) is 23.8. The number of hydrogen-bond acceptors (Lipinski definition) is 3. The van der Waals surface area contributed by atoms with Crippen LogP contribution in [0.5, 0.6) is 0 Å². The molecule has 0 aliphatic rings. The van der Waals surface area contributed by atoms with Crippen LogP contribution in [0.3, 0.4) is 0 Å². The predicted octanol–water partition coefficient (Wildman–Crippen LogP) is -1.49. The molecule has 60 valence electrons. The van der Waals surface area contributed by atoms with Gasteiger partial charge in [-0.25, -0.2) is 0 Å². The van der Waals surface area contributed by atoms with Crippen LogP contribution < -0.4 is 5.73 Å². The Kier molecular flexibility index (Phi) is 4.61. The lowest BCUT2D eigenvalue weighted by molar-refractivity contribution is 0.157. The van der Waals surface area contributed by atoms with E-state index in [1.54, 1.807) is 0 Å². The van der Waals surface area contributed by atoms with E-state index < -0.39 is 0 Å². The monoisotopic (exact) mass is 147 g/mol. The normalized spacial score (nSPS) is 9.40. The van der Waals surface area contributed by atoms with E-state index in [4.69, 9.17) is 21.4 Å². The van der Waals surface area contributed by atoms with Crippen LogP contribution in [0.1, 0.15) is 6.42 Å². The molecule has 0 saturated carbocycles. The molecule has 0 aromatic carbocycles. The highest BCUT2D eigenvalue weighted by atomic mass is 16.3. The average molecular weight is 147 g/mol. The Bertz CT molecular complexity index is 107. The first kappa shape index (κ1) is 9.19. The highest BCUT2D eigenvalue weighted by Crippen LogP contribution is 1.86. The molecule has 0 radical (unpaired) electrons. The van der Waals surface area contributed by atoms with Crippen LogP contribution in [-0.2, 0) is 0 Å². The van der Waals surface area contributed by atoms with Crippen LogP contribution in [0.15, 0.2) is 0 Å². The Morgan fingerprint density at radius 2 is 2.10 bits per heavy atom. The molecule has 0 aromatic heterocycles. The summed E-state index contributed by atoms with van der Waals surface area (Å²) >= 11 is 0. The van der Waals surface area contributed by atoms with Gasteiger partial charge >= 0.3 is 0 Å². The van der Waals surface area contributed by atoms with Crippen molar-refractivity contribution in [1.82, 2.24) is 4.90 Å². The molecule has 0 rings (SSSR count). The minimum absolute atomic E-state index is 0.0454. The highest BCUT2D eigenvalue weighted by Gasteiger charge is 2.01. The van der Waals surface area contributed by atoms with Crippen LogP contribution in [0.4, 0.5) is 0 Å². The van der Waals surface area contributed by atoms with Gasteiger partial charge < -0.3 is 20.8 Å². The predicted molar refractivity (Wildman–Crippen MR) is 37.4 cm³/mol. The molecule has 0 heterocycles. The average Bonchev–Trinajstić information content (AvgIpc) is 1.89. The maximum Gasteiger partial charge on any atom is 0.190 e. The molecule has 0 amide bonds. The Balaban J connectivity index is 3.50. The van der Waals surface area contributed by atoms with Crippen molar-refractivity contribution in [3.63, 3.8) is 0 Å². The third kappa shape index (κ3) is 3.26. The fourth-order valence-electron chi connectivity index (χ4n) is 0.529. The summed E-state index contributed by atoms with van der Waals surface area (Å²) in [5.41, 5.74) is 5.06. The second-order valence-corrected chi connectivity index (χ2v) is 1.87. The van der Waals surface area contributed by atoms with Crippen LogP contribution in [0.2, 0.25) is 0 Å². The Labute approximate surface area is 59.6 Å². The molecule has 0 atom stereocenters. The number of nitrogens with two attached hydrogens (primary N) is 1. The number of nitrogens with zero attached hydrogens (tertiary/aromatic N) is 1. The van der Waals surface area contributed by atoms with Crippen molar-refractivity contribution < 1.29 is 10.2 Å². The zero-order valence-corrected chi connectivity index (χ0v) is 5.75. The zero-order valence-electron chi connectivity index (χ0n) is 5.75. The van der Waals surface area contributed by atoms with Crippen LogP contribution in [0.25, 0.3) is 0 Å². The first-order valence-electron chi connectivity index (χ1n) is 3.03. The SMILES string of the molecule is N=C(N)N(CO)CCCO. The first-order chi connectivity index (χ1) is 4.72. The Morgan fingerprint density at radius 3 is 2.40 bits per heavy atom. The van der Waals surface area contributed by atoms with E-state index in [1.807, 2.05) is 0 Å². The van der Waals surface area contributed by atoms with Gasteiger partial charge in [-0.1, -0.05) is 0 Å². The van der Waals surface area contributed by atoms with E-state index in [-0.39, 0.29) is 19.3 Å². The summed E-state index contributed by atoms with van der Waals surface area (Å²) in [5.74, 6) is -0.170. The molecule has 0 aliphatic heterocycles. The van der Waals surface area contributed by atoms with Crippen molar-refractivity contribution in [2.45, 2.75) is 6.42 Å². The lowest BCUT2D eigenvalue weighted by Crippen LogP contribution is -2.38. The summed E-state index contributed by atoms with van der Waals surface area (Å²) in [6.07, 6.45) is 0.514. The molecule has 0 unspecified atom stereocenters. The number of nitrogens with one attached hydrogen (secondary N) is 1. The van der Waals surface area contributed by atoms with Gasteiger partial charge in [-0.05, 0) is 6.42 Å². The standard InChI is InChI=1S/C5H13N3O2/c6-5(7)8(4-10)2-1-3-9/h9-10H,1-4H2,(H3,6,7). The van der Waals surface area contributed by atoms with Crippen molar-refractivity contribution in [3.05, 3.63) is 0 Å². The fraction of sp³-hybridized carbons (Fsp3) is 0.800. The van der Waals surface area contributed by atoms with Gasteiger partial charge in [-0.3, -0.25) is 5.41 Å². The van der Waals surface area contributed by atoms with Gasteiger partial charge in [0.1, 0.15) is 6.73 Å². The number of hydrogen-bond donors (Lipinski definition) is 4. The molecule has 5 N–H and O–H groups in total. The van der Waals surface area contributed by atoms with Gasteiger partial charge in [-0.2, -0.15) is 0 Å². The summed E-state index contributed by atoms with van der Waals surface area (Å²) in [4.78, 5) is 1.26. The molecule has 0 bridgehead atoms. The van der Waals surface area contributed by atoms with Crippen molar-refractivity contribution >= 4 is 5.96 Å². The van der Waals surface area contributed by atoms with E-state index in [0.717, 1.165) is 0 Å². The summed E-state index contributed by atoms with van der Waals surface area (Å²) in [6, 6.07) is 0. The summed E-state index contributed by atoms with van der Waals surface area (Å²) < 4.78 is 0. The van der Waals surface area contributed by atoms with Crippen LogP contribution in [0, 0.1) is 5.41 Å². The smallest absolute Gasteiger partial charge is 0.190 e. The molecule has 0 fully saturated rings. The van der Waals surface area contributed by atoms with E-state index in [1.165, 1.54) is 4.90 Å². The van der Waals surface area contributed by atoms with Gasteiger partial charge in [0.15, 0.2) is 5.96 Å². The van der Waals surface area contributed by atoms with Crippen LogP contribution in [-0.4, -0.2) is 41.0 Å². The van der Waals surface area contributed by atoms with Gasteiger partial charge in [0.2, 0.25) is 0 Å². The minimum Gasteiger partial charge on any atom is -0.396 e. The lowest BCUT2D eigenvalue weighted by Gasteiger charge is -2.18. The van der Waals surface area contributed by atoms with Crippen molar-refractivity contribution in [3.8, 4) is 0 Å². The number of aliphatic hydroxyl groups excluding tert-OH is 2. The highest BCUT2D eigenvalue weighted by molar-refractivity contribution is 5.74. The van der Waals surface area contributed by atoms with Gasteiger partial charge in [-0.15, -0.1) is 0 Å². The summed E-state index contributed by atoms with van der Waals surface area (Å²) in [6.45, 7) is 0.196. The first-order valence-corrected chi connectivity index (χ1v) is 3.03. The molecule has 5 heteroatoms. The Morgan fingerprint density at radius 1 is 1.50 bits per heavy atom. The topological polar surface area (TPSA) is 93.6 Å². The van der Waals surface area contributed by atoms with Crippen molar-refractivity contribution in [2.24, 2.45) is 5.73 Å². The zero-order chi connectivity index (χ0) is 7.98. The molecule has 0 spiro atoms. The van der Waals surface area contributed by atoms with Gasteiger partial charge in [0.25, 0.3) is 0 Å². The fourth-order valence-corrected chi connectivity index (χ4v) is 0.529. The quantitative estimate of drug-likeness (QED) is 0.221. The Hall–Kier alpha value is -0.810. The van der Waals surface area contributed by atoms with E-state index >= 15 is 0 Å². The van der Waals surface area contributed by atoms with Crippen molar-refractivity contribution in [1.29, 1.82) is 5.41 Å². The molecule has 10 heavy (non-hydrogen) atoms. The molecule has 0 aromatic rings. The number of aliphatic hydroxyl groups is 2. The van der Waals surface area contributed by atoms with Gasteiger partial charge in [0, 0.05) is 13.2 Å². The second kappa shape index (κ2) is 5.01. The third-order valence-electron chi connectivity index (χ3n) is 1.10. The van der Waals surface area contributed by atoms with Crippen LogP contribution >= 0.6 is 0 Å². The number of guanidine groups is 1. The van der Waals surface area contributed by atoms with Crippen molar-refractivity contribution in [2.75, 3.05) is 19.9 Å². The molecular formula is C5H13N3O2. The third-order valence-corrected chi connectivity index (χ3v) is 1.10. The molecule has 0 saturated heterocycles. The maximum absolute atomic E-state index is 8.55. The van der Waals surface area contributed by atoms with E-state index in [2.05, 4.69) is 0 Å². The molecule has 0 aliphatic carbocycles. The van der Waals surface area contributed by atoms with E-state index in [9.17, 15) is 0 Å². The minimum atomic E-state index is -0.269. The van der Waals surface area contributed by atoms with Gasteiger partial charge in [0.05, 0.1) is 0 Å². The van der Waals surface area contributed by atoms with E-state index in [0.29, 0.717) is 13.0 Å². The molecular weight excluding hydrogens is 134 g/mol. The maximum atomic E-state index is 8.55. The summed E-state index contributed by atoms with van der Waals surface area (Å²) in [7, 11) is 0.